The largest absolute Gasteiger partial charge is 0.497 e. The maximum absolute atomic E-state index is 12.9. The fraction of sp³-hybridized carbons (Fsp3) is 0.389. The SMILES string of the molecule is COc1cccc(C2C3=C(CC(C)CC3=O)Nc3nc(SC)nn32)c1. The number of methoxy groups -OCH3 is 1. The number of nitrogens with zero attached hydrogens (tertiary/aromatic N) is 3. The lowest BCUT2D eigenvalue weighted by molar-refractivity contribution is -0.117. The number of allylic oxidation sites excluding steroid dienone is 2. The zero-order chi connectivity index (χ0) is 17.6. The van der Waals surface area contributed by atoms with E-state index < -0.39 is 0 Å². The first-order chi connectivity index (χ1) is 12.1. The van der Waals surface area contributed by atoms with E-state index in [0.717, 1.165) is 29.0 Å². The quantitative estimate of drug-likeness (QED) is 0.851. The zero-order valence-electron chi connectivity index (χ0n) is 14.4. The molecule has 1 aromatic heterocycles. The summed E-state index contributed by atoms with van der Waals surface area (Å²) in [5.41, 5.74) is 2.76. The number of thioether (sulfide) groups is 1. The van der Waals surface area contributed by atoms with Gasteiger partial charge >= 0.3 is 0 Å². The highest BCUT2D eigenvalue weighted by molar-refractivity contribution is 7.98. The molecule has 25 heavy (non-hydrogen) atoms. The van der Waals surface area contributed by atoms with E-state index in [1.165, 1.54) is 11.8 Å². The summed E-state index contributed by atoms with van der Waals surface area (Å²) < 4.78 is 7.20. The summed E-state index contributed by atoms with van der Waals surface area (Å²) in [6.07, 6.45) is 3.37. The molecule has 0 radical (unpaired) electrons. The van der Waals surface area contributed by atoms with Gasteiger partial charge in [-0.1, -0.05) is 30.8 Å². The molecule has 0 saturated heterocycles. The maximum atomic E-state index is 12.9. The number of ether oxygens (including phenoxy) is 1. The van der Waals surface area contributed by atoms with Crippen LogP contribution in [-0.4, -0.2) is 33.9 Å². The van der Waals surface area contributed by atoms with E-state index in [1.807, 2.05) is 35.2 Å². The number of rotatable bonds is 3. The van der Waals surface area contributed by atoms with Gasteiger partial charge in [0.2, 0.25) is 11.1 Å². The first-order valence-electron chi connectivity index (χ1n) is 8.28. The minimum absolute atomic E-state index is 0.181. The molecule has 2 atom stereocenters. The number of carbonyl (C=O) groups is 1. The highest BCUT2D eigenvalue weighted by Crippen LogP contribution is 2.42. The first-order valence-corrected chi connectivity index (χ1v) is 9.51. The van der Waals surface area contributed by atoms with Crippen molar-refractivity contribution in [2.75, 3.05) is 18.7 Å². The van der Waals surface area contributed by atoms with Crippen LogP contribution in [0, 0.1) is 5.92 Å². The lowest BCUT2D eigenvalue weighted by atomic mass is 9.81. The summed E-state index contributed by atoms with van der Waals surface area (Å²) >= 11 is 1.49. The van der Waals surface area contributed by atoms with Gasteiger partial charge in [-0.25, -0.2) is 4.68 Å². The van der Waals surface area contributed by atoms with Crippen molar-refractivity contribution in [3.63, 3.8) is 0 Å². The van der Waals surface area contributed by atoms with Gasteiger partial charge in [0.05, 0.1) is 7.11 Å². The molecule has 0 fully saturated rings. The normalized spacial score (nSPS) is 22.3. The molecule has 0 amide bonds. The van der Waals surface area contributed by atoms with E-state index in [4.69, 9.17) is 4.74 Å². The molecule has 2 heterocycles. The Morgan fingerprint density at radius 1 is 1.36 bits per heavy atom. The van der Waals surface area contributed by atoms with Crippen molar-refractivity contribution in [2.45, 2.75) is 31.0 Å². The molecule has 6 nitrogen and oxygen atoms in total. The minimum atomic E-state index is -0.269. The van der Waals surface area contributed by atoms with Crippen molar-refractivity contribution in [1.82, 2.24) is 14.8 Å². The van der Waals surface area contributed by atoms with E-state index in [0.29, 0.717) is 23.4 Å². The minimum Gasteiger partial charge on any atom is -0.497 e. The van der Waals surface area contributed by atoms with Gasteiger partial charge in [-0.05, 0) is 36.3 Å². The van der Waals surface area contributed by atoms with Gasteiger partial charge in [-0.3, -0.25) is 4.79 Å². The Labute approximate surface area is 150 Å². The van der Waals surface area contributed by atoms with Gasteiger partial charge in [0, 0.05) is 17.7 Å². The molecule has 1 aromatic carbocycles. The number of carbonyl (C=O) groups excluding carboxylic acids is 1. The number of ketones is 1. The summed E-state index contributed by atoms with van der Waals surface area (Å²) in [4.78, 5) is 17.4. The number of hydrogen-bond acceptors (Lipinski definition) is 6. The van der Waals surface area contributed by atoms with Crippen LogP contribution in [0.4, 0.5) is 5.95 Å². The lowest BCUT2D eigenvalue weighted by Crippen LogP contribution is -2.33. The second kappa shape index (κ2) is 6.22. The number of benzene rings is 1. The molecule has 2 aromatic rings. The number of anilines is 1. The number of aromatic nitrogens is 3. The van der Waals surface area contributed by atoms with E-state index in [9.17, 15) is 4.79 Å². The predicted octanol–water partition coefficient (Wildman–Crippen LogP) is 3.28. The summed E-state index contributed by atoms with van der Waals surface area (Å²) in [6, 6.07) is 7.56. The number of nitrogens with one attached hydrogen (secondary N) is 1. The number of Topliss-reactive ketones (excluding diaryl/α,β-unsaturated/α-hetero) is 1. The molecule has 2 aliphatic rings. The summed E-state index contributed by atoms with van der Waals surface area (Å²) in [5.74, 6) is 1.97. The van der Waals surface area contributed by atoms with Crippen molar-refractivity contribution >= 4 is 23.5 Å². The average molecular weight is 356 g/mol. The predicted molar refractivity (Wildman–Crippen MR) is 97.0 cm³/mol. The molecule has 0 saturated carbocycles. The fourth-order valence-electron chi connectivity index (χ4n) is 3.59. The van der Waals surface area contributed by atoms with Crippen molar-refractivity contribution in [2.24, 2.45) is 5.92 Å². The summed E-state index contributed by atoms with van der Waals surface area (Å²) in [7, 11) is 1.65. The second-order valence-corrected chi connectivity index (χ2v) is 7.27. The van der Waals surface area contributed by atoms with Crippen molar-refractivity contribution in [3.05, 3.63) is 41.1 Å². The molecule has 1 N–H and O–H groups in total. The molecule has 0 spiro atoms. The zero-order valence-corrected chi connectivity index (χ0v) is 15.3. The molecule has 7 heteroatoms. The summed E-state index contributed by atoms with van der Waals surface area (Å²) in [5, 5.41) is 8.64. The van der Waals surface area contributed by atoms with Crippen molar-refractivity contribution in [1.29, 1.82) is 0 Å². The van der Waals surface area contributed by atoms with Gasteiger partial charge < -0.3 is 10.1 Å². The molecule has 2 unspecified atom stereocenters. The third-order valence-electron chi connectivity index (χ3n) is 4.70. The van der Waals surface area contributed by atoms with Crippen LogP contribution in [0.2, 0.25) is 0 Å². The van der Waals surface area contributed by atoms with Crippen LogP contribution in [0.25, 0.3) is 0 Å². The van der Waals surface area contributed by atoms with E-state index in [2.05, 4.69) is 22.3 Å². The molecule has 0 bridgehead atoms. The second-order valence-electron chi connectivity index (χ2n) is 6.50. The highest BCUT2D eigenvalue weighted by atomic mass is 32.2. The van der Waals surface area contributed by atoms with Crippen molar-refractivity contribution in [3.8, 4) is 5.75 Å². The number of fused-ring (bicyclic) bond motifs is 1. The van der Waals surface area contributed by atoms with Gasteiger partial charge in [-0.2, -0.15) is 4.98 Å². The van der Waals surface area contributed by atoms with E-state index in [1.54, 1.807) is 7.11 Å². The van der Waals surface area contributed by atoms with Crippen LogP contribution in [0.5, 0.6) is 5.75 Å². The first kappa shape index (κ1) is 16.2. The third kappa shape index (κ3) is 2.72. The topological polar surface area (TPSA) is 69.0 Å². The monoisotopic (exact) mass is 356 g/mol. The van der Waals surface area contributed by atoms with Crippen molar-refractivity contribution < 1.29 is 9.53 Å². The van der Waals surface area contributed by atoms with Gasteiger partial charge in [-0.15, -0.1) is 5.10 Å². The van der Waals surface area contributed by atoms with Crippen LogP contribution < -0.4 is 10.1 Å². The van der Waals surface area contributed by atoms with Crippen LogP contribution in [0.3, 0.4) is 0 Å². The Hall–Kier alpha value is -2.28. The molecule has 4 rings (SSSR count). The molecule has 1 aliphatic heterocycles. The van der Waals surface area contributed by atoms with Crippen LogP contribution >= 0.6 is 11.8 Å². The van der Waals surface area contributed by atoms with Gasteiger partial charge in [0.1, 0.15) is 11.8 Å². The molecule has 130 valence electrons. The van der Waals surface area contributed by atoms with E-state index in [-0.39, 0.29) is 11.8 Å². The van der Waals surface area contributed by atoms with Crippen LogP contribution in [0.1, 0.15) is 31.4 Å². The Bertz CT molecular complexity index is 874. The molecular formula is C18H20N4O2S. The Kier molecular flexibility index (Phi) is 4.03. The maximum Gasteiger partial charge on any atom is 0.227 e. The number of hydrogen-bond donors (Lipinski definition) is 1. The smallest absolute Gasteiger partial charge is 0.227 e. The third-order valence-corrected chi connectivity index (χ3v) is 5.23. The Morgan fingerprint density at radius 2 is 2.20 bits per heavy atom. The van der Waals surface area contributed by atoms with Gasteiger partial charge in [0.25, 0.3) is 0 Å². The van der Waals surface area contributed by atoms with Gasteiger partial charge in [0.15, 0.2) is 5.78 Å². The van der Waals surface area contributed by atoms with Crippen LogP contribution in [0.15, 0.2) is 40.7 Å². The summed E-state index contributed by atoms with van der Waals surface area (Å²) in [6.45, 7) is 2.11. The standard InChI is InChI=1S/C18H20N4O2S/c1-10-7-13-15(14(23)8-10)16(11-5-4-6-12(9-11)24-2)22-17(19-13)20-18(21-22)25-3/h4-6,9-10,16H,7-8H2,1-3H3,(H,19,20,21). The Morgan fingerprint density at radius 3 is 2.96 bits per heavy atom. The van der Waals surface area contributed by atoms with E-state index >= 15 is 0 Å². The molecular weight excluding hydrogens is 336 g/mol. The lowest BCUT2D eigenvalue weighted by Gasteiger charge is -2.34. The average Bonchev–Trinajstić information content (AvgIpc) is 3.02. The highest BCUT2D eigenvalue weighted by Gasteiger charge is 2.38. The Balaban J connectivity index is 1.90. The van der Waals surface area contributed by atoms with Crippen LogP contribution in [-0.2, 0) is 4.79 Å². The molecule has 1 aliphatic carbocycles. The fourth-order valence-corrected chi connectivity index (χ4v) is 3.94.